The maximum absolute atomic E-state index is 11.3. The van der Waals surface area contributed by atoms with E-state index < -0.39 is 6.04 Å². The first-order valence-corrected chi connectivity index (χ1v) is 6.37. The van der Waals surface area contributed by atoms with E-state index >= 15 is 0 Å². The van der Waals surface area contributed by atoms with E-state index in [4.69, 9.17) is 10.5 Å². The van der Waals surface area contributed by atoms with Gasteiger partial charge in [0.1, 0.15) is 6.04 Å². The normalized spacial score (nSPS) is 30.6. The first-order chi connectivity index (χ1) is 7.70. The molecule has 2 N–H and O–H groups in total. The predicted molar refractivity (Wildman–Crippen MR) is 61.9 cm³/mol. The molecule has 4 nitrogen and oxygen atoms in total. The summed E-state index contributed by atoms with van der Waals surface area (Å²) in [6.07, 6.45) is 4.81. The van der Waals surface area contributed by atoms with Gasteiger partial charge in [0.2, 0.25) is 0 Å². The fourth-order valence-corrected chi connectivity index (χ4v) is 2.97. The molecule has 2 fully saturated rings. The zero-order valence-corrected chi connectivity index (χ0v) is 10.0. The molecule has 0 radical (unpaired) electrons. The van der Waals surface area contributed by atoms with Crippen LogP contribution in [-0.2, 0) is 9.53 Å². The van der Waals surface area contributed by atoms with E-state index in [9.17, 15) is 4.79 Å². The van der Waals surface area contributed by atoms with E-state index in [-0.39, 0.29) is 5.97 Å². The van der Waals surface area contributed by atoms with Crippen LogP contribution in [0.1, 0.15) is 32.6 Å². The van der Waals surface area contributed by atoms with E-state index in [0.29, 0.717) is 6.61 Å². The topological polar surface area (TPSA) is 55.6 Å². The van der Waals surface area contributed by atoms with Crippen molar-refractivity contribution in [2.24, 2.45) is 11.7 Å². The third-order valence-corrected chi connectivity index (χ3v) is 3.84. The minimum absolute atomic E-state index is 0.258. The van der Waals surface area contributed by atoms with Crippen molar-refractivity contribution in [1.82, 2.24) is 4.90 Å². The van der Waals surface area contributed by atoms with Gasteiger partial charge in [0.25, 0.3) is 0 Å². The average Bonchev–Trinajstić information content (AvgIpc) is 2.87. The van der Waals surface area contributed by atoms with Crippen LogP contribution in [0, 0.1) is 5.92 Å². The van der Waals surface area contributed by atoms with Crippen LogP contribution in [0.3, 0.4) is 0 Å². The molecule has 1 saturated carbocycles. The lowest BCUT2D eigenvalue weighted by Crippen LogP contribution is -2.39. The van der Waals surface area contributed by atoms with Crippen molar-refractivity contribution in [3.05, 3.63) is 0 Å². The number of carbonyl (C=O) groups excluding carboxylic acids is 1. The highest BCUT2D eigenvalue weighted by Crippen LogP contribution is 2.37. The SMILES string of the molecule is CCOC(=O)C(N)CCN1CC2CCC1C2. The summed E-state index contributed by atoms with van der Waals surface area (Å²) in [6, 6.07) is 0.318. The van der Waals surface area contributed by atoms with Crippen LogP contribution in [0.25, 0.3) is 0 Å². The van der Waals surface area contributed by atoms with Crippen LogP contribution in [0.5, 0.6) is 0 Å². The summed E-state index contributed by atoms with van der Waals surface area (Å²) >= 11 is 0. The number of fused-ring (bicyclic) bond motifs is 2. The molecule has 3 unspecified atom stereocenters. The third-order valence-electron chi connectivity index (χ3n) is 3.84. The van der Waals surface area contributed by atoms with Crippen LogP contribution < -0.4 is 5.73 Å². The van der Waals surface area contributed by atoms with Gasteiger partial charge >= 0.3 is 5.97 Å². The highest BCUT2D eigenvalue weighted by Gasteiger charge is 2.37. The maximum Gasteiger partial charge on any atom is 0.322 e. The van der Waals surface area contributed by atoms with E-state index in [0.717, 1.165) is 24.9 Å². The lowest BCUT2D eigenvalue weighted by molar-refractivity contribution is -0.144. The largest absolute Gasteiger partial charge is 0.465 e. The van der Waals surface area contributed by atoms with Gasteiger partial charge in [-0.15, -0.1) is 0 Å². The van der Waals surface area contributed by atoms with Gasteiger partial charge in [-0.3, -0.25) is 4.79 Å². The number of hydrogen-bond donors (Lipinski definition) is 1. The van der Waals surface area contributed by atoms with Gasteiger partial charge in [-0.2, -0.15) is 0 Å². The summed E-state index contributed by atoms with van der Waals surface area (Å²) in [7, 11) is 0. The lowest BCUT2D eigenvalue weighted by atomic mass is 10.1. The Bertz CT molecular complexity index is 257. The van der Waals surface area contributed by atoms with E-state index in [1.54, 1.807) is 0 Å². The second-order valence-electron chi connectivity index (χ2n) is 4.98. The molecule has 2 bridgehead atoms. The molecule has 1 aliphatic carbocycles. The molecule has 0 aromatic heterocycles. The molecule has 0 aromatic carbocycles. The molecule has 2 aliphatic rings. The van der Waals surface area contributed by atoms with Crippen molar-refractivity contribution in [2.75, 3.05) is 19.7 Å². The van der Waals surface area contributed by atoms with E-state index in [1.807, 2.05) is 6.92 Å². The number of carbonyl (C=O) groups is 1. The standard InChI is InChI=1S/C12H22N2O2/c1-2-16-12(15)11(13)5-6-14-8-9-3-4-10(14)7-9/h9-11H,2-8,13H2,1H3. The molecule has 0 spiro atoms. The fraction of sp³-hybridized carbons (Fsp3) is 0.917. The van der Waals surface area contributed by atoms with Gasteiger partial charge in [-0.05, 0) is 38.5 Å². The van der Waals surface area contributed by atoms with E-state index in [2.05, 4.69) is 4.90 Å². The number of esters is 1. The summed E-state index contributed by atoms with van der Waals surface area (Å²) in [4.78, 5) is 13.8. The van der Waals surface area contributed by atoms with Crippen molar-refractivity contribution < 1.29 is 9.53 Å². The molecule has 0 aromatic rings. The minimum atomic E-state index is -0.445. The Labute approximate surface area is 97.1 Å². The number of likely N-dealkylation sites (tertiary alicyclic amines) is 1. The second-order valence-corrected chi connectivity index (χ2v) is 4.98. The molecule has 16 heavy (non-hydrogen) atoms. The van der Waals surface area contributed by atoms with Crippen molar-refractivity contribution in [3.63, 3.8) is 0 Å². The number of ether oxygens (including phenoxy) is 1. The molecule has 92 valence electrons. The van der Waals surface area contributed by atoms with Crippen molar-refractivity contribution >= 4 is 5.97 Å². The maximum atomic E-state index is 11.3. The number of rotatable bonds is 5. The smallest absolute Gasteiger partial charge is 0.322 e. The van der Waals surface area contributed by atoms with Crippen molar-refractivity contribution in [2.45, 2.75) is 44.7 Å². The molecule has 1 heterocycles. The van der Waals surface area contributed by atoms with Crippen LogP contribution in [0.2, 0.25) is 0 Å². The Morgan fingerprint density at radius 3 is 2.94 bits per heavy atom. The molecule has 3 atom stereocenters. The Morgan fingerprint density at radius 2 is 2.38 bits per heavy atom. The van der Waals surface area contributed by atoms with Crippen molar-refractivity contribution in [3.8, 4) is 0 Å². The molecule has 4 heteroatoms. The van der Waals surface area contributed by atoms with Gasteiger partial charge in [-0.25, -0.2) is 0 Å². The molecule has 2 rings (SSSR count). The summed E-state index contributed by atoms with van der Waals surface area (Å²) in [5, 5.41) is 0. The Kier molecular flexibility index (Phi) is 3.82. The molecule has 1 saturated heterocycles. The van der Waals surface area contributed by atoms with Crippen LogP contribution in [0.4, 0.5) is 0 Å². The quantitative estimate of drug-likeness (QED) is 0.703. The van der Waals surface area contributed by atoms with Gasteiger partial charge in [0.05, 0.1) is 6.61 Å². The number of hydrogen-bond acceptors (Lipinski definition) is 4. The number of piperidine rings is 1. The first-order valence-electron chi connectivity index (χ1n) is 6.37. The number of nitrogens with two attached hydrogens (primary N) is 1. The zero-order chi connectivity index (χ0) is 11.5. The monoisotopic (exact) mass is 226 g/mol. The summed E-state index contributed by atoms with van der Waals surface area (Å²) in [5.74, 6) is 0.649. The summed E-state index contributed by atoms with van der Waals surface area (Å²) in [6.45, 7) is 4.38. The zero-order valence-electron chi connectivity index (χ0n) is 10.0. The highest BCUT2D eigenvalue weighted by atomic mass is 16.5. The number of nitrogens with zero attached hydrogens (tertiary/aromatic N) is 1. The van der Waals surface area contributed by atoms with Gasteiger partial charge in [0.15, 0.2) is 0 Å². The van der Waals surface area contributed by atoms with Crippen LogP contribution in [-0.4, -0.2) is 42.6 Å². The van der Waals surface area contributed by atoms with Crippen LogP contribution in [0.15, 0.2) is 0 Å². The highest BCUT2D eigenvalue weighted by molar-refractivity contribution is 5.75. The van der Waals surface area contributed by atoms with Gasteiger partial charge in [-0.1, -0.05) is 0 Å². The Hall–Kier alpha value is -0.610. The van der Waals surface area contributed by atoms with E-state index in [1.165, 1.54) is 25.8 Å². The Morgan fingerprint density at radius 1 is 1.56 bits per heavy atom. The predicted octanol–water partition coefficient (Wildman–Crippen LogP) is 0.751. The molecular weight excluding hydrogens is 204 g/mol. The third kappa shape index (κ3) is 2.55. The first kappa shape index (κ1) is 11.9. The average molecular weight is 226 g/mol. The van der Waals surface area contributed by atoms with Crippen molar-refractivity contribution in [1.29, 1.82) is 0 Å². The minimum Gasteiger partial charge on any atom is -0.465 e. The van der Waals surface area contributed by atoms with Gasteiger partial charge < -0.3 is 15.4 Å². The van der Waals surface area contributed by atoms with Crippen LogP contribution >= 0.6 is 0 Å². The summed E-state index contributed by atoms with van der Waals surface area (Å²) < 4.78 is 4.90. The molecule has 0 amide bonds. The summed E-state index contributed by atoms with van der Waals surface area (Å²) in [5.41, 5.74) is 5.78. The Balaban J connectivity index is 1.69. The fourth-order valence-electron chi connectivity index (χ4n) is 2.97. The molecular formula is C12H22N2O2. The lowest BCUT2D eigenvalue weighted by Gasteiger charge is -2.27. The van der Waals surface area contributed by atoms with Gasteiger partial charge in [0, 0.05) is 19.1 Å². The second kappa shape index (κ2) is 5.15. The molecule has 1 aliphatic heterocycles.